The Bertz CT molecular complexity index is 442. The van der Waals surface area contributed by atoms with Gasteiger partial charge in [-0.15, -0.1) is 0 Å². The molecule has 0 spiro atoms. The zero-order chi connectivity index (χ0) is 12.3. The van der Waals surface area contributed by atoms with Gasteiger partial charge in [-0.3, -0.25) is 4.90 Å². The maximum absolute atomic E-state index is 13.6. The van der Waals surface area contributed by atoms with Crippen molar-refractivity contribution in [2.24, 2.45) is 0 Å². The fraction of sp³-hybridized carbons (Fsp3) is 0.462. The van der Waals surface area contributed by atoms with E-state index in [9.17, 15) is 9.50 Å². The molecular weight excluding hydrogens is 219 g/mol. The zero-order valence-electron chi connectivity index (χ0n) is 9.56. The van der Waals surface area contributed by atoms with Gasteiger partial charge in [-0.2, -0.15) is 5.26 Å². The molecule has 4 heteroatoms. The largest absolute Gasteiger partial charge is 0.392 e. The first-order chi connectivity index (χ1) is 8.19. The molecular formula is C13H15FN2O. The smallest absolute Gasteiger partial charge is 0.127 e. The van der Waals surface area contributed by atoms with Crippen molar-refractivity contribution < 1.29 is 9.50 Å². The minimum atomic E-state index is -0.314. The van der Waals surface area contributed by atoms with E-state index in [2.05, 4.69) is 0 Å². The average molecular weight is 234 g/mol. The lowest BCUT2D eigenvalue weighted by Crippen LogP contribution is -2.37. The van der Waals surface area contributed by atoms with Gasteiger partial charge in [0, 0.05) is 18.7 Å². The molecule has 90 valence electrons. The Labute approximate surface area is 100 Å². The van der Waals surface area contributed by atoms with Crippen LogP contribution in [0.15, 0.2) is 18.2 Å². The molecule has 0 unspecified atom stereocenters. The van der Waals surface area contributed by atoms with Crippen LogP contribution in [0.2, 0.25) is 0 Å². The highest BCUT2D eigenvalue weighted by Gasteiger charge is 2.18. The fourth-order valence-electron chi connectivity index (χ4n) is 2.18. The number of likely N-dealkylation sites (tertiary alicyclic amines) is 1. The van der Waals surface area contributed by atoms with Gasteiger partial charge in [0.1, 0.15) is 5.82 Å². The number of nitriles is 1. The van der Waals surface area contributed by atoms with E-state index >= 15 is 0 Å². The lowest BCUT2D eigenvalue weighted by Gasteiger charge is -2.30. The number of hydrogen-bond acceptors (Lipinski definition) is 3. The normalized spacial score (nSPS) is 21.1. The minimum absolute atomic E-state index is 0.288. The first-order valence-electron chi connectivity index (χ1n) is 5.78. The predicted octanol–water partition coefficient (Wildman–Crippen LogP) is 1.65. The molecule has 0 aliphatic carbocycles. The van der Waals surface area contributed by atoms with Crippen molar-refractivity contribution in [1.82, 2.24) is 4.90 Å². The molecule has 0 amide bonds. The van der Waals surface area contributed by atoms with Crippen molar-refractivity contribution in [2.45, 2.75) is 25.5 Å². The van der Waals surface area contributed by atoms with Gasteiger partial charge in [-0.1, -0.05) is 0 Å². The number of piperidine rings is 1. The van der Waals surface area contributed by atoms with Crippen LogP contribution in [0.4, 0.5) is 4.39 Å². The van der Waals surface area contributed by atoms with Crippen molar-refractivity contribution in [1.29, 1.82) is 5.26 Å². The third-order valence-electron chi connectivity index (χ3n) is 3.05. The van der Waals surface area contributed by atoms with Crippen LogP contribution in [-0.2, 0) is 6.54 Å². The molecule has 1 aromatic carbocycles. The molecule has 0 aromatic heterocycles. The Morgan fingerprint density at radius 3 is 3.06 bits per heavy atom. The van der Waals surface area contributed by atoms with Gasteiger partial charge < -0.3 is 5.11 Å². The van der Waals surface area contributed by atoms with Crippen molar-refractivity contribution in [3.05, 3.63) is 35.1 Å². The summed E-state index contributed by atoms with van der Waals surface area (Å²) in [5, 5.41) is 18.3. The van der Waals surface area contributed by atoms with Gasteiger partial charge in [0.05, 0.1) is 17.7 Å². The van der Waals surface area contributed by atoms with E-state index in [4.69, 9.17) is 5.26 Å². The number of aliphatic hydroxyl groups is 1. The number of aliphatic hydroxyl groups excluding tert-OH is 1. The standard InChI is InChI=1S/C13H15FN2O/c14-13-4-3-10(7-15)6-11(13)8-16-5-1-2-12(17)9-16/h3-4,6,12,17H,1-2,5,8-9H2/t12-/m0/s1. The molecule has 1 aliphatic heterocycles. The summed E-state index contributed by atoms with van der Waals surface area (Å²) in [5.41, 5.74) is 0.997. The minimum Gasteiger partial charge on any atom is -0.392 e. The average Bonchev–Trinajstić information content (AvgIpc) is 2.32. The number of benzene rings is 1. The summed E-state index contributed by atoms with van der Waals surface area (Å²) in [7, 11) is 0. The van der Waals surface area contributed by atoms with Crippen LogP contribution in [0.1, 0.15) is 24.0 Å². The summed E-state index contributed by atoms with van der Waals surface area (Å²) in [5.74, 6) is -0.288. The molecule has 1 atom stereocenters. The second-order valence-electron chi connectivity index (χ2n) is 4.45. The van der Waals surface area contributed by atoms with Crippen LogP contribution in [0, 0.1) is 17.1 Å². The van der Waals surface area contributed by atoms with Crippen molar-refractivity contribution in [3.8, 4) is 6.07 Å². The van der Waals surface area contributed by atoms with E-state index in [0.717, 1.165) is 19.4 Å². The summed E-state index contributed by atoms with van der Waals surface area (Å²) in [6.07, 6.45) is 1.43. The molecule has 0 bridgehead atoms. The summed E-state index contributed by atoms with van der Waals surface area (Å²) in [6, 6.07) is 6.39. The first kappa shape index (κ1) is 12.0. The highest BCUT2D eigenvalue weighted by atomic mass is 19.1. The van der Waals surface area contributed by atoms with E-state index in [1.54, 1.807) is 6.07 Å². The van der Waals surface area contributed by atoms with Gasteiger partial charge in [-0.25, -0.2) is 4.39 Å². The van der Waals surface area contributed by atoms with E-state index in [1.807, 2.05) is 11.0 Å². The fourth-order valence-corrected chi connectivity index (χ4v) is 2.18. The monoisotopic (exact) mass is 234 g/mol. The van der Waals surface area contributed by atoms with Crippen molar-refractivity contribution >= 4 is 0 Å². The van der Waals surface area contributed by atoms with Crippen molar-refractivity contribution in [2.75, 3.05) is 13.1 Å². The molecule has 1 N–H and O–H groups in total. The third-order valence-corrected chi connectivity index (χ3v) is 3.05. The van der Waals surface area contributed by atoms with Crippen LogP contribution in [0.3, 0.4) is 0 Å². The van der Waals surface area contributed by atoms with Gasteiger partial charge in [0.15, 0.2) is 0 Å². The lowest BCUT2D eigenvalue weighted by molar-refractivity contribution is 0.0663. The number of rotatable bonds is 2. The Hall–Kier alpha value is -1.44. The summed E-state index contributed by atoms with van der Waals surface area (Å²) in [4.78, 5) is 2.02. The second-order valence-corrected chi connectivity index (χ2v) is 4.45. The molecule has 3 nitrogen and oxygen atoms in total. The SMILES string of the molecule is N#Cc1ccc(F)c(CN2CCC[C@H](O)C2)c1. The Morgan fingerprint density at radius 1 is 1.53 bits per heavy atom. The predicted molar refractivity (Wildman–Crippen MR) is 61.6 cm³/mol. The van der Waals surface area contributed by atoms with Gasteiger partial charge >= 0.3 is 0 Å². The van der Waals surface area contributed by atoms with Gasteiger partial charge in [0.2, 0.25) is 0 Å². The lowest BCUT2D eigenvalue weighted by atomic mass is 10.1. The molecule has 1 heterocycles. The molecule has 0 saturated carbocycles. The van der Waals surface area contributed by atoms with E-state index in [-0.39, 0.29) is 11.9 Å². The van der Waals surface area contributed by atoms with Gasteiger partial charge in [-0.05, 0) is 37.6 Å². The number of hydrogen-bond donors (Lipinski definition) is 1. The first-order valence-corrected chi connectivity index (χ1v) is 5.78. The molecule has 1 saturated heterocycles. The second kappa shape index (κ2) is 5.26. The molecule has 2 rings (SSSR count). The quantitative estimate of drug-likeness (QED) is 0.846. The molecule has 0 radical (unpaired) electrons. The topological polar surface area (TPSA) is 47.3 Å². The molecule has 1 fully saturated rings. The van der Waals surface area contributed by atoms with Crippen LogP contribution in [0.5, 0.6) is 0 Å². The van der Waals surface area contributed by atoms with Gasteiger partial charge in [0.25, 0.3) is 0 Å². The van der Waals surface area contributed by atoms with E-state index in [1.165, 1.54) is 12.1 Å². The number of halogens is 1. The maximum Gasteiger partial charge on any atom is 0.127 e. The number of nitrogens with zero attached hydrogens (tertiary/aromatic N) is 2. The van der Waals surface area contributed by atoms with Crippen LogP contribution in [0.25, 0.3) is 0 Å². The highest BCUT2D eigenvalue weighted by Crippen LogP contribution is 2.16. The maximum atomic E-state index is 13.6. The van der Waals surface area contributed by atoms with E-state index < -0.39 is 0 Å². The van der Waals surface area contributed by atoms with Crippen LogP contribution in [-0.4, -0.2) is 29.2 Å². The highest BCUT2D eigenvalue weighted by molar-refractivity contribution is 5.33. The third kappa shape index (κ3) is 3.02. The Balaban J connectivity index is 2.10. The zero-order valence-corrected chi connectivity index (χ0v) is 9.56. The summed E-state index contributed by atoms with van der Waals surface area (Å²) in [6.45, 7) is 1.90. The van der Waals surface area contributed by atoms with E-state index in [0.29, 0.717) is 24.2 Å². The van der Waals surface area contributed by atoms with Crippen LogP contribution < -0.4 is 0 Å². The summed E-state index contributed by atoms with van der Waals surface area (Å²) >= 11 is 0. The van der Waals surface area contributed by atoms with Crippen LogP contribution >= 0.6 is 0 Å². The Morgan fingerprint density at radius 2 is 2.35 bits per heavy atom. The summed E-state index contributed by atoms with van der Waals surface area (Å²) < 4.78 is 13.6. The molecule has 1 aliphatic rings. The molecule has 17 heavy (non-hydrogen) atoms. The molecule has 1 aromatic rings. The van der Waals surface area contributed by atoms with Crippen molar-refractivity contribution in [3.63, 3.8) is 0 Å². The Kier molecular flexibility index (Phi) is 3.72. The number of β-amino-alcohol motifs (C(OH)–C–C–N with tert-alkyl or cyclic N) is 1.